The van der Waals surface area contributed by atoms with Crippen LogP contribution in [0.1, 0.15) is 5.82 Å². The van der Waals surface area contributed by atoms with Crippen molar-refractivity contribution in [1.29, 1.82) is 0 Å². The summed E-state index contributed by atoms with van der Waals surface area (Å²) in [6.45, 7) is -1.48. The second-order valence-corrected chi connectivity index (χ2v) is 5.80. The highest BCUT2D eigenvalue weighted by molar-refractivity contribution is 7.89. The molecular weight excluding hydrogens is 287 g/mol. The quantitative estimate of drug-likeness (QED) is 0.847. The predicted molar refractivity (Wildman–Crippen MR) is 59.8 cm³/mol. The highest BCUT2D eigenvalue weighted by Crippen LogP contribution is 2.21. The van der Waals surface area contributed by atoms with Gasteiger partial charge in [-0.1, -0.05) is 0 Å². The summed E-state index contributed by atoms with van der Waals surface area (Å²) in [5.41, 5.74) is 0. The first-order chi connectivity index (χ1) is 8.58. The zero-order valence-corrected chi connectivity index (χ0v) is 11.2. The van der Waals surface area contributed by atoms with E-state index in [0.717, 1.165) is 6.20 Å². The standard InChI is InChI=1S/C9H14F3N3O3S/c1-7-13-8(5-14(7)2)19(17,18)15(3-4-16)6-9(10,11)12/h5,16H,3-4,6H2,1-2H3. The molecular formula is C9H14F3N3O3S. The van der Waals surface area contributed by atoms with E-state index < -0.39 is 40.9 Å². The first-order valence-electron chi connectivity index (χ1n) is 5.25. The van der Waals surface area contributed by atoms with Crippen LogP contribution in [0.25, 0.3) is 0 Å². The van der Waals surface area contributed by atoms with E-state index in [1.807, 2.05) is 0 Å². The normalized spacial score (nSPS) is 13.2. The molecule has 6 nitrogen and oxygen atoms in total. The Bertz CT molecular complexity index is 519. The summed E-state index contributed by atoms with van der Waals surface area (Å²) in [5.74, 6) is 0.356. The summed E-state index contributed by atoms with van der Waals surface area (Å²) < 4.78 is 62.6. The van der Waals surface area contributed by atoms with E-state index in [1.54, 1.807) is 0 Å². The Labute approximate surface area is 108 Å². The monoisotopic (exact) mass is 301 g/mol. The molecule has 0 aliphatic carbocycles. The van der Waals surface area contributed by atoms with Crippen LogP contribution in [0.5, 0.6) is 0 Å². The molecule has 0 fully saturated rings. The second-order valence-electron chi connectivity index (χ2n) is 3.91. The van der Waals surface area contributed by atoms with Crippen molar-refractivity contribution in [1.82, 2.24) is 13.9 Å². The van der Waals surface area contributed by atoms with Crippen LogP contribution in [0.2, 0.25) is 0 Å². The molecule has 1 heterocycles. The molecule has 0 radical (unpaired) electrons. The minimum Gasteiger partial charge on any atom is -0.395 e. The number of halogens is 3. The molecule has 0 unspecified atom stereocenters. The number of aryl methyl sites for hydroxylation is 2. The molecule has 1 rings (SSSR count). The van der Waals surface area contributed by atoms with Gasteiger partial charge < -0.3 is 9.67 Å². The molecule has 0 aliphatic rings. The van der Waals surface area contributed by atoms with Crippen molar-refractivity contribution in [3.63, 3.8) is 0 Å². The van der Waals surface area contributed by atoms with Crippen LogP contribution in [-0.2, 0) is 17.1 Å². The third-order valence-electron chi connectivity index (χ3n) is 2.40. The van der Waals surface area contributed by atoms with E-state index >= 15 is 0 Å². The lowest BCUT2D eigenvalue weighted by atomic mass is 10.6. The Kier molecular flexibility index (Phi) is 4.59. The lowest BCUT2D eigenvalue weighted by Crippen LogP contribution is -2.40. The number of rotatable bonds is 5. The van der Waals surface area contributed by atoms with Crippen molar-refractivity contribution in [2.75, 3.05) is 19.7 Å². The van der Waals surface area contributed by atoms with Crippen molar-refractivity contribution in [2.45, 2.75) is 18.1 Å². The molecule has 1 aromatic heterocycles. The van der Waals surface area contributed by atoms with Crippen molar-refractivity contribution in [2.24, 2.45) is 7.05 Å². The molecule has 0 bridgehead atoms. The van der Waals surface area contributed by atoms with E-state index in [1.165, 1.54) is 18.5 Å². The molecule has 0 aromatic carbocycles. The number of aliphatic hydroxyl groups excluding tert-OH is 1. The number of aliphatic hydroxyl groups is 1. The summed E-state index contributed by atoms with van der Waals surface area (Å²) in [5, 5.41) is 8.24. The van der Waals surface area contributed by atoms with Gasteiger partial charge in [-0.3, -0.25) is 0 Å². The highest BCUT2D eigenvalue weighted by atomic mass is 32.2. The molecule has 0 saturated heterocycles. The maximum Gasteiger partial charge on any atom is 0.402 e. The maximum atomic E-state index is 12.3. The first kappa shape index (κ1) is 15.9. The van der Waals surface area contributed by atoms with Gasteiger partial charge in [0.25, 0.3) is 10.0 Å². The van der Waals surface area contributed by atoms with Gasteiger partial charge in [-0.25, -0.2) is 13.4 Å². The van der Waals surface area contributed by atoms with E-state index in [2.05, 4.69) is 4.98 Å². The lowest BCUT2D eigenvalue weighted by Gasteiger charge is -2.21. The van der Waals surface area contributed by atoms with Gasteiger partial charge in [0.2, 0.25) is 0 Å². The fourth-order valence-electron chi connectivity index (χ4n) is 1.38. The van der Waals surface area contributed by atoms with Gasteiger partial charge >= 0.3 is 6.18 Å². The fourth-order valence-corrected chi connectivity index (χ4v) is 2.82. The van der Waals surface area contributed by atoms with Crippen LogP contribution < -0.4 is 0 Å². The topological polar surface area (TPSA) is 75.4 Å². The minimum atomic E-state index is -4.69. The molecule has 19 heavy (non-hydrogen) atoms. The average Bonchev–Trinajstić information content (AvgIpc) is 2.57. The average molecular weight is 301 g/mol. The Morgan fingerprint density at radius 1 is 1.47 bits per heavy atom. The Hall–Kier alpha value is -1.13. The molecule has 0 saturated carbocycles. The summed E-state index contributed by atoms with van der Waals surface area (Å²) >= 11 is 0. The largest absolute Gasteiger partial charge is 0.402 e. The van der Waals surface area contributed by atoms with E-state index in [9.17, 15) is 21.6 Å². The van der Waals surface area contributed by atoms with Crippen molar-refractivity contribution in [3.05, 3.63) is 12.0 Å². The van der Waals surface area contributed by atoms with Crippen LogP contribution in [0.3, 0.4) is 0 Å². The molecule has 0 amide bonds. The summed E-state index contributed by atoms with van der Waals surface area (Å²) in [4.78, 5) is 3.70. The van der Waals surface area contributed by atoms with Gasteiger partial charge in [0, 0.05) is 19.8 Å². The van der Waals surface area contributed by atoms with Crippen molar-refractivity contribution < 1.29 is 26.7 Å². The molecule has 10 heteroatoms. The van der Waals surface area contributed by atoms with Gasteiger partial charge in [0.05, 0.1) is 6.61 Å². The van der Waals surface area contributed by atoms with Gasteiger partial charge in [-0.2, -0.15) is 17.5 Å². The Morgan fingerprint density at radius 3 is 2.42 bits per heavy atom. The predicted octanol–water partition coefficient (Wildman–Crippen LogP) is 0.274. The smallest absolute Gasteiger partial charge is 0.395 e. The van der Waals surface area contributed by atoms with Crippen molar-refractivity contribution >= 4 is 10.0 Å². The molecule has 0 spiro atoms. The Morgan fingerprint density at radius 2 is 2.05 bits per heavy atom. The third kappa shape index (κ3) is 3.91. The number of imidazole rings is 1. The van der Waals surface area contributed by atoms with Gasteiger partial charge in [0.1, 0.15) is 12.4 Å². The zero-order chi connectivity index (χ0) is 14.8. The number of hydrogen-bond donors (Lipinski definition) is 1. The SMILES string of the molecule is Cc1nc(S(=O)(=O)N(CCO)CC(F)(F)F)cn1C. The molecule has 110 valence electrons. The van der Waals surface area contributed by atoms with Gasteiger partial charge in [-0.05, 0) is 6.92 Å². The molecule has 0 aliphatic heterocycles. The third-order valence-corrected chi connectivity index (χ3v) is 4.11. The first-order valence-corrected chi connectivity index (χ1v) is 6.69. The van der Waals surface area contributed by atoms with Crippen LogP contribution in [0.4, 0.5) is 13.2 Å². The number of aromatic nitrogens is 2. The molecule has 1 N–H and O–H groups in total. The van der Waals surface area contributed by atoms with Crippen molar-refractivity contribution in [3.8, 4) is 0 Å². The van der Waals surface area contributed by atoms with Gasteiger partial charge in [-0.15, -0.1) is 0 Å². The number of sulfonamides is 1. The second kappa shape index (κ2) is 5.47. The molecule has 0 atom stereocenters. The minimum absolute atomic E-state index is 0.161. The number of alkyl halides is 3. The Balaban J connectivity index is 3.12. The zero-order valence-electron chi connectivity index (χ0n) is 10.3. The molecule has 1 aromatic rings. The van der Waals surface area contributed by atoms with Crippen LogP contribution in [-0.4, -0.2) is 53.3 Å². The van der Waals surface area contributed by atoms with Gasteiger partial charge in [0.15, 0.2) is 5.03 Å². The maximum absolute atomic E-state index is 12.3. The number of nitrogens with zero attached hydrogens (tertiary/aromatic N) is 3. The highest BCUT2D eigenvalue weighted by Gasteiger charge is 2.37. The van der Waals surface area contributed by atoms with Crippen LogP contribution in [0.15, 0.2) is 11.2 Å². The van der Waals surface area contributed by atoms with E-state index in [-0.39, 0.29) is 4.31 Å². The fraction of sp³-hybridized carbons (Fsp3) is 0.667. The summed E-state index contributed by atoms with van der Waals surface area (Å²) in [7, 11) is -2.85. The lowest BCUT2D eigenvalue weighted by molar-refractivity contribution is -0.136. The van der Waals surface area contributed by atoms with E-state index in [4.69, 9.17) is 5.11 Å². The summed E-state index contributed by atoms with van der Waals surface area (Å²) in [6.07, 6.45) is -3.56. The summed E-state index contributed by atoms with van der Waals surface area (Å²) in [6, 6.07) is 0. The van der Waals surface area contributed by atoms with Crippen LogP contribution >= 0.6 is 0 Å². The van der Waals surface area contributed by atoms with Crippen LogP contribution in [0, 0.1) is 6.92 Å². The van der Waals surface area contributed by atoms with E-state index in [0.29, 0.717) is 5.82 Å². The number of hydrogen-bond acceptors (Lipinski definition) is 4.